The number of fused-ring (bicyclic) bond motifs is 2. The number of carbonyl (C=O) groups excluding carboxylic acids is 1. The first kappa shape index (κ1) is 12.9. The van der Waals surface area contributed by atoms with Gasteiger partial charge in [0, 0.05) is 12.0 Å². The molecule has 2 N–H and O–H groups in total. The number of hydrogen-bond acceptors (Lipinski definition) is 2. The molecule has 21 heavy (non-hydrogen) atoms. The molecule has 4 unspecified atom stereocenters. The van der Waals surface area contributed by atoms with Crippen molar-refractivity contribution in [3.05, 3.63) is 35.4 Å². The lowest BCUT2D eigenvalue weighted by atomic mass is 9.95. The molecule has 0 aliphatic heterocycles. The Labute approximate surface area is 123 Å². The molecule has 0 saturated heterocycles. The van der Waals surface area contributed by atoms with Gasteiger partial charge in [-0.15, -0.1) is 0 Å². The van der Waals surface area contributed by atoms with Crippen molar-refractivity contribution < 1.29 is 14.7 Å². The van der Waals surface area contributed by atoms with Gasteiger partial charge in [-0.3, -0.25) is 9.59 Å². The first-order chi connectivity index (χ1) is 10.1. The maximum absolute atomic E-state index is 11.9. The summed E-state index contributed by atoms with van der Waals surface area (Å²) in [6.07, 6.45) is 3.98. The Bertz CT molecular complexity index is 626. The van der Waals surface area contributed by atoms with E-state index in [-0.39, 0.29) is 11.8 Å². The number of carboxylic acids is 1. The van der Waals surface area contributed by atoms with E-state index >= 15 is 0 Å². The maximum atomic E-state index is 11.9. The summed E-state index contributed by atoms with van der Waals surface area (Å²) in [7, 11) is 0. The Morgan fingerprint density at radius 1 is 1.29 bits per heavy atom. The number of carbonyl (C=O) groups is 2. The molecule has 1 spiro atoms. The standard InChI is InChI=1S/C17H19NO3/c19-15(12-7-13(12)16(20)21)18-9-11-8-17(11)6-5-10-3-1-2-4-14(10)17/h1-4,11-13H,5-9H2,(H,18,19)(H,20,21). The van der Waals surface area contributed by atoms with Crippen LogP contribution in [0.1, 0.15) is 30.4 Å². The molecule has 2 saturated carbocycles. The van der Waals surface area contributed by atoms with Gasteiger partial charge in [-0.25, -0.2) is 0 Å². The summed E-state index contributed by atoms with van der Waals surface area (Å²) in [6, 6.07) is 8.63. The first-order valence-electron chi connectivity index (χ1n) is 7.71. The monoisotopic (exact) mass is 285 g/mol. The number of aliphatic carboxylic acids is 1. The SMILES string of the molecule is O=C(O)C1CC1C(=O)NCC1CC12CCc1ccccc12. The number of benzene rings is 1. The molecule has 3 aliphatic carbocycles. The largest absolute Gasteiger partial charge is 0.481 e. The second-order valence-corrected chi connectivity index (χ2v) is 6.75. The highest BCUT2D eigenvalue weighted by atomic mass is 16.4. The Kier molecular flexibility index (Phi) is 2.65. The fourth-order valence-corrected chi connectivity index (χ4v) is 4.11. The third-order valence-electron chi connectivity index (χ3n) is 5.59. The lowest BCUT2D eigenvalue weighted by Gasteiger charge is -2.12. The Morgan fingerprint density at radius 2 is 2.10 bits per heavy atom. The van der Waals surface area contributed by atoms with Gasteiger partial charge in [0.25, 0.3) is 0 Å². The van der Waals surface area contributed by atoms with Crippen LogP contribution in [0.5, 0.6) is 0 Å². The predicted molar refractivity (Wildman–Crippen MR) is 76.8 cm³/mol. The minimum atomic E-state index is -0.845. The van der Waals surface area contributed by atoms with Gasteiger partial charge in [-0.1, -0.05) is 24.3 Å². The van der Waals surface area contributed by atoms with Gasteiger partial charge in [0.05, 0.1) is 11.8 Å². The highest BCUT2D eigenvalue weighted by Crippen LogP contribution is 2.61. The van der Waals surface area contributed by atoms with Crippen molar-refractivity contribution in [2.75, 3.05) is 6.54 Å². The van der Waals surface area contributed by atoms with E-state index in [9.17, 15) is 9.59 Å². The van der Waals surface area contributed by atoms with Crippen LogP contribution < -0.4 is 5.32 Å². The second kappa shape index (κ2) is 4.33. The van der Waals surface area contributed by atoms with Gasteiger partial charge in [-0.2, -0.15) is 0 Å². The van der Waals surface area contributed by atoms with Gasteiger partial charge in [0.15, 0.2) is 0 Å². The van der Waals surface area contributed by atoms with E-state index in [0.29, 0.717) is 24.3 Å². The van der Waals surface area contributed by atoms with Gasteiger partial charge in [0.1, 0.15) is 0 Å². The van der Waals surface area contributed by atoms with Crippen LogP contribution in [-0.4, -0.2) is 23.5 Å². The van der Waals surface area contributed by atoms with Crippen LogP contribution in [0.15, 0.2) is 24.3 Å². The van der Waals surface area contributed by atoms with Crippen LogP contribution in [0.4, 0.5) is 0 Å². The molecule has 110 valence electrons. The number of hydrogen-bond donors (Lipinski definition) is 2. The predicted octanol–water partition coefficient (Wildman–Crippen LogP) is 1.73. The molecule has 4 rings (SSSR count). The lowest BCUT2D eigenvalue weighted by Crippen LogP contribution is -2.29. The molecule has 4 nitrogen and oxygen atoms in total. The van der Waals surface area contributed by atoms with Gasteiger partial charge in [0.2, 0.25) is 5.91 Å². The number of aryl methyl sites for hydroxylation is 1. The average Bonchev–Trinajstić information content (AvgIpc) is 3.35. The summed E-state index contributed by atoms with van der Waals surface area (Å²) in [6.45, 7) is 0.690. The van der Waals surface area contributed by atoms with Gasteiger partial charge in [-0.05, 0) is 42.7 Å². The third kappa shape index (κ3) is 1.96. The summed E-state index contributed by atoms with van der Waals surface area (Å²) in [4.78, 5) is 22.7. The normalized spacial score (nSPS) is 35.3. The fraction of sp³-hybridized carbons (Fsp3) is 0.529. The fourth-order valence-electron chi connectivity index (χ4n) is 4.11. The van der Waals surface area contributed by atoms with Crippen molar-refractivity contribution in [2.45, 2.75) is 31.1 Å². The zero-order valence-electron chi connectivity index (χ0n) is 11.8. The topological polar surface area (TPSA) is 66.4 Å². The smallest absolute Gasteiger partial charge is 0.307 e. The van der Waals surface area contributed by atoms with E-state index in [1.165, 1.54) is 17.5 Å². The van der Waals surface area contributed by atoms with Gasteiger partial charge < -0.3 is 10.4 Å². The highest BCUT2D eigenvalue weighted by Gasteiger charge is 2.58. The molecule has 0 radical (unpaired) electrons. The lowest BCUT2D eigenvalue weighted by molar-refractivity contribution is -0.140. The molecular weight excluding hydrogens is 266 g/mol. The Morgan fingerprint density at radius 3 is 2.86 bits per heavy atom. The Balaban J connectivity index is 1.35. The van der Waals surface area contributed by atoms with Crippen molar-refractivity contribution in [3.8, 4) is 0 Å². The third-order valence-corrected chi connectivity index (χ3v) is 5.59. The van der Waals surface area contributed by atoms with Crippen molar-refractivity contribution in [1.29, 1.82) is 0 Å². The van der Waals surface area contributed by atoms with Gasteiger partial charge >= 0.3 is 5.97 Å². The zero-order valence-corrected chi connectivity index (χ0v) is 11.8. The maximum Gasteiger partial charge on any atom is 0.307 e. The molecule has 4 heteroatoms. The van der Waals surface area contributed by atoms with Crippen molar-refractivity contribution in [1.82, 2.24) is 5.32 Å². The molecule has 3 aliphatic rings. The van der Waals surface area contributed by atoms with E-state index in [0.717, 1.165) is 12.8 Å². The van der Waals surface area contributed by atoms with Crippen molar-refractivity contribution in [3.63, 3.8) is 0 Å². The highest BCUT2D eigenvalue weighted by molar-refractivity contribution is 5.89. The van der Waals surface area contributed by atoms with E-state index in [1.807, 2.05) is 0 Å². The molecule has 4 atom stereocenters. The molecule has 0 aromatic heterocycles. The molecule has 1 aromatic rings. The number of amides is 1. The van der Waals surface area contributed by atoms with Crippen LogP contribution in [0, 0.1) is 17.8 Å². The summed E-state index contributed by atoms with van der Waals surface area (Å²) in [5.41, 5.74) is 3.22. The van der Waals surface area contributed by atoms with Crippen LogP contribution in [0.3, 0.4) is 0 Å². The van der Waals surface area contributed by atoms with Crippen molar-refractivity contribution in [2.24, 2.45) is 17.8 Å². The summed E-state index contributed by atoms with van der Waals surface area (Å²) in [5.74, 6) is -1.15. The first-order valence-corrected chi connectivity index (χ1v) is 7.71. The van der Waals surface area contributed by atoms with E-state index < -0.39 is 11.9 Å². The molecule has 1 amide bonds. The van der Waals surface area contributed by atoms with E-state index in [2.05, 4.69) is 29.6 Å². The molecule has 1 aromatic carbocycles. The van der Waals surface area contributed by atoms with Crippen molar-refractivity contribution >= 4 is 11.9 Å². The minimum Gasteiger partial charge on any atom is -0.481 e. The zero-order chi connectivity index (χ0) is 14.6. The molecule has 0 bridgehead atoms. The molecule has 2 fully saturated rings. The average molecular weight is 285 g/mol. The van der Waals surface area contributed by atoms with E-state index in [4.69, 9.17) is 5.11 Å². The van der Waals surface area contributed by atoms with Crippen LogP contribution in [-0.2, 0) is 21.4 Å². The quantitative estimate of drug-likeness (QED) is 0.885. The van der Waals surface area contributed by atoms with Crippen LogP contribution >= 0.6 is 0 Å². The summed E-state index contributed by atoms with van der Waals surface area (Å²) < 4.78 is 0. The molecule has 0 heterocycles. The number of nitrogens with one attached hydrogen (secondary N) is 1. The number of rotatable bonds is 4. The summed E-state index contributed by atoms with van der Waals surface area (Å²) in [5, 5.41) is 11.8. The van der Waals surface area contributed by atoms with E-state index in [1.54, 1.807) is 0 Å². The van der Waals surface area contributed by atoms with Crippen LogP contribution in [0.25, 0.3) is 0 Å². The molecular formula is C17H19NO3. The minimum absolute atomic E-state index is 0.0734. The van der Waals surface area contributed by atoms with Crippen LogP contribution in [0.2, 0.25) is 0 Å². The Hall–Kier alpha value is -1.84. The summed E-state index contributed by atoms with van der Waals surface area (Å²) >= 11 is 0. The second-order valence-electron chi connectivity index (χ2n) is 6.75. The number of carboxylic acid groups (broad SMARTS) is 1.